The Balaban J connectivity index is 1.67. The van der Waals surface area contributed by atoms with E-state index < -0.39 is 23.4 Å². The van der Waals surface area contributed by atoms with Gasteiger partial charge in [-0.15, -0.1) is 11.8 Å². The molecule has 0 spiro atoms. The normalized spacial score (nSPS) is 10.3. The number of hydrogen-bond acceptors (Lipinski definition) is 6. The second-order valence-electron chi connectivity index (χ2n) is 5.39. The molecule has 0 fully saturated rings. The van der Waals surface area contributed by atoms with Crippen LogP contribution in [0.1, 0.15) is 12.8 Å². The molecule has 0 saturated heterocycles. The first-order valence-electron chi connectivity index (χ1n) is 8.03. The number of halogens is 1. The second-order valence-corrected chi connectivity index (χ2v) is 6.99. The number of esters is 1. The highest BCUT2D eigenvalue weighted by molar-refractivity contribution is 7.99. The summed E-state index contributed by atoms with van der Waals surface area (Å²) < 4.78 is 4.90. The van der Waals surface area contributed by atoms with Crippen LogP contribution < -0.4 is 5.32 Å². The zero-order valence-corrected chi connectivity index (χ0v) is 15.8. The molecule has 142 valence electrons. The first-order valence-corrected chi connectivity index (χ1v) is 9.39. The van der Waals surface area contributed by atoms with Crippen LogP contribution in [0.2, 0.25) is 5.02 Å². The third-order valence-electron chi connectivity index (χ3n) is 3.35. The van der Waals surface area contributed by atoms with Crippen molar-refractivity contribution in [3.8, 4) is 0 Å². The van der Waals surface area contributed by atoms with Crippen molar-refractivity contribution < 1.29 is 19.2 Å². The van der Waals surface area contributed by atoms with E-state index in [9.17, 15) is 19.7 Å². The minimum atomic E-state index is -0.631. The van der Waals surface area contributed by atoms with Gasteiger partial charge in [0.2, 0.25) is 0 Å². The fraction of sp³-hybridized carbons (Fsp3) is 0.222. The quantitative estimate of drug-likeness (QED) is 0.218. The van der Waals surface area contributed by atoms with Crippen LogP contribution in [0.5, 0.6) is 0 Å². The molecule has 0 saturated carbocycles. The van der Waals surface area contributed by atoms with E-state index >= 15 is 0 Å². The number of nitrogens with zero attached hydrogens (tertiary/aromatic N) is 1. The van der Waals surface area contributed by atoms with E-state index in [4.69, 9.17) is 16.3 Å². The van der Waals surface area contributed by atoms with E-state index in [-0.39, 0.29) is 17.8 Å². The van der Waals surface area contributed by atoms with E-state index in [2.05, 4.69) is 5.32 Å². The molecule has 0 atom stereocenters. The fourth-order valence-electron chi connectivity index (χ4n) is 2.08. The Morgan fingerprint density at radius 3 is 2.56 bits per heavy atom. The molecule has 1 N–H and O–H groups in total. The number of ether oxygens (including phenoxy) is 1. The van der Waals surface area contributed by atoms with Gasteiger partial charge in [-0.25, -0.2) is 0 Å². The minimum absolute atomic E-state index is 0.0583. The average molecular weight is 409 g/mol. The van der Waals surface area contributed by atoms with Gasteiger partial charge in [0.25, 0.3) is 11.6 Å². The number of nitrogens with one attached hydrogen (secondary N) is 1. The van der Waals surface area contributed by atoms with Crippen molar-refractivity contribution >= 4 is 46.6 Å². The monoisotopic (exact) mass is 408 g/mol. The topological polar surface area (TPSA) is 98.5 Å². The van der Waals surface area contributed by atoms with E-state index in [0.717, 1.165) is 10.6 Å². The molecule has 0 aliphatic heterocycles. The van der Waals surface area contributed by atoms with Gasteiger partial charge in [0, 0.05) is 22.4 Å². The summed E-state index contributed by atoms with van der Waals surface area (Å²) in [5.41, 5.74) is -0.167. The molecular weight excluding hydrogens is 392 g/mol. The minimum Gasteiger partial charge on any atom is -0.456 e. The van der Waals surface area contributed by atoms with Crippen LogP contribution in [-0.4, -0.2) is 29.2 Å². The maximum atomic E-state index is 11.8. The van der Waals surface area contributed by atoms with E-state index in [1.807, 2.05) is 12.1 Å². The van der Waals surface area contributed by atoms with Crippen LogP contribution in [-0.2, 0) is 14.3 Å². The van der Waals surface area contributed by atoms with Gasteiger partial charge in [0.15, 0.2) is 6.61 Å². The maximum Gasteiger partial charge on any atom is 0.306 e. The number of anilines is 1. The predicted octanol–water partition coefficient (Wildman–Crippen LogP) is 4.30. The molecular formula is C18H17ClN2O5S. The van der Waals surface area contributed by atoms with Crippen molar-refractivity contribution in [3.63, 3.8) is 0 Å². The summed E-state index contributed by atoms with van der Waals surface area (Å²) in [6, 6.07) is 13.1. The van der Waals surface area contributed by atoms with Gasteiger partial charge in [-0.05, 0) is 42.5 Å². The number of nitro benzene ring substituents is 1. The predicted molar refractivity (Wildman–Crippen MR) is 104 cm³/mol. The third-order valence-corrected chi connectivity index (χ3v) is 4.70. The third kappa shape index (κ3) is 7.28. The van der Waals surface area contributed by atoms with Crippen molar-refractivity contribution in [2.75, 3.05) is 17.7 Å². The largest absolute Gasteiger partial charge is 0.456 e. The molecule has 0 heterocycles. The van der Waals surface area contributed by atoms with Crippen LogP contribution in [0.15, 0.2) is 53.4 Å². The number of nitro groups is 1. The number of amides is 1. The highest BCUT2D eigenvalue weighted by atomic mass is 35.5. The van der Waals surface area contributed by atoms with Crippen LogP contribution in [0.25, 0.3) is 0 Å². The Labute approximate surface area is 165 Å². The number of carbonyl (C=O) groups excluding carboxylic acids is 2. The van der Waals surface area contributed by atoms with Gasteiger partial charge >= 0.3 is 5.97 Å². The number of hydrogen-bond donors (Lipinski definition) is 1. The van der Waals surface area contributed by atoms with Crippen LogP contribution >= 0.6 is 23.4 Å². The van der Waals surface area contributed by atoms with Crippen molar-refractivity contribution in [1.82, 2.24) is 0 Å². The Hall–Kier alpha value is -2.58. The fourth-order valence-corrected chi connectivity index (χ4v) is 3.06. The van der Waals surface area contributed by atoms with Gasteiger partial charge in [-0.1, -0.05) is 23.7 Å². The number of thioether (sulfide) groups is 1. The molecule has 0 aliphatic rings. The van der Waals surface area contributed by atoms with Gasteiger partial charge in [-0.2, -0.15) is 0 Å². The number of para-hydroxylation sites is 2. The van der Waals surface area contributed by atoms with Gasteiger partial charge < -0.3 is 10.1 Å². The number of rotatable bonds is 9. The van der Waals surface area contributed by atoms with Gasteiger partial charge in [-0.3, -0.25) is 19.7 Å². The molecule has 1 amide bonds. The summed E-state index contributed by atoms with van der Waals surface area (Å²) in [6.45, 7) is -0.491. The molecule has 27 heavy (non-hydrogen) atoms. The second kappa shape index (κ2) is 10.5. The molecule has 0 aliphatic carbocycles. The van der Waals surface area contributed by atoms with Crippen molar-refractivity contribution in [1.29, 1.82) is 0 Å². The summed E-state index contributed by atoms with van der Waals surface area (Å²) in [5, 5.41) is 13.9. The molecule has 0 radical (unpaired) electrons. The summed E-state index contributed by atoms with van der Waals surface area (Å²) in [5.74, 6) is -0.406. The lowest BCUT2D eigenvalue weighted by molar-refractivity contribution is -0.383. The van der Waals surface area contributed by atoms with Crippen LogP contribution in [0, 0.1) is 10.1 Å². The summed E-state index contributed by atoms with van der Waals surface area (Å²) >= 11 is 7.41. The Bertz CT molecular complexity index is 814. The SMILES string of the molecule is O=C(COC(=O)CCCSc1ccc(Cl)cc1)Nc1ccccc1[N+](=O)[O-]. The standard InChI is InChI=1S/C18H17ClN2O5S/c19-13-7-9-14(10-8-13)27-11-3-6-18(23)26-12-17(22)20-15-4-1-2-5-16(15)21(24)25/h1-2,4-5,7-10H,3,6,11-12H2,(H,20,22). The molecule has 7 nitrogen and oxygen atoms in total. The first kappa shape index (κ1) is 20.7. The first-order chi connectivity index (χ1) is 13.0. The lowest BCUT2D eigenvalue weighted by Crippen LogP contribution is -2.21. The molecule has 0 unspecified atom stereocenters. The number of benzene rings is 2. The highest BCUT2D eigenvalue weighted by Crippen LogP contribution is 2.23. The lowest BCUT2D eigenvalue weighted by Gasteiger charge is -2.07. The summed E-state index contributed by atoms with van der Waals surface area (Å²) in [7, 11) is 0. The molecule has 2 aromatic carbocycles. The van der Waals surface area contributed by atoms with Crippen LogP contribution in [0.3, 0.4) is 0 Å². The molecule has 9 heteroatoms. The zero-order chi connectivity index (χ0) is 19.6. The van der Waals surface area contributed by atoms with Crippen molar-refractivity contribution in [2.45, 2.75) is 17.7 Å². The van der Waals surface area contributed by atoms with Gasteiger partial charge in [0.05, 0.1) is 4.92 Å². The number of carbonyl (C=O) groups is 2. The molecule has 0 aromatic heterocycles. The Morgan fingerprint density at radius 2 is 1.85 bits per heavy atom. The van der Waals surface area contributed by atoms with E-state index in [1.165, 1.54) is 18.2 Å². The van der Waals surface area contributed by atoms with E-state index in [1.54, 1.807) is 30.0 Å². The Morgan fingerprint density at radius 1 is 1.15 bits per heavy atom. The van der Waals surface area contributed by atoms with Crippen molar-refractivity contribution in [3.05, 3.63) is 63.7 Å². The average Bonchev–Trinajstić information content (AvgIpc) is 2.65. The Kier molecular flexibility index (Phi) is 8.09. The smallest absolute Gasteiger partial charge is 0.306 e. The zero-order valence-electron chi connectivity index (χ0n) is 14.2. The molecule has 2 rings (SSSR count). The van der Waals surface area contributed by atoms with Crippen LogP contribution in [0.4, 0.5) is 11.4 Å². The maximum absolute atomic E-state index is 11.8. The summed E-state index contributed by atoms with van der Waals surface area (Å²) in [6.07, 6.45) is 0.775. The molecule has 0 bridgehead atoms. The summed E-state index contributed by atoms with van der Waals surface area (Å²) in [4.78, 5) is 34.9. The van der Waals surface area contributed by atoms with E-state index in [0.29, 0.717) is 11.4 Å². The lowest BCUT2D eigenvalue weighted by atomic mass is 10.2. The molecule has 2 aromatic rings. The van der Waals surface area contributed by atoms with Crippen molar-refractivity contribution in [2.24, 2.45) is 0 Å². The highest BCUT2D eigenvalue weighted by Gasteiger charge is 2.15. The van der Waals surface area contributed by atoms with Gasteiger partial charge in [0.1, 0.15) is 5.69 Å².